The van der Waals surface area contributed by atoms with Crippen molar-refractivity contribution in [3.05, 3.63) is 17.0 Å². The van der Waals surface area contributed by atoms with Crippen LogP contribution in [0.3, 0.4) is 0 Å². The van der Waals surface area contributed by atoms with Crippen molar-refractivity contribution in [1.29, 1.82) is 0 Å². The fourth-order valence-electron chi connectivity index (χ4n) is 1.39. The van der Waals surface area contributed by atoms with E-state index in [4.69, 9.17) is 5.26 Å². The Balaban J connectivity index is 2.20. The second-order valence-electron chi connectivity index (χ2n) is 3.40. The Kier molecular flexibility index (Phi) is 6.67. The van der Waals surface area contributed by atoms with Gasteiger partial charge in [-0.2, -0.15) is 11.3 Å². The van der Waals surface area contributed by atoms with Gasteiger partial charge in [0, 0.05) is 9.65 Å². The standard InChI is InChI=1S/C10H16BO3S/c1-2-3-4-5-6-9-7-8-10(15-9)11-13-14-12/h7-8,12H,2-6H2,1H3. The molecule has 0 saturated heterocycles. The largest absolute Gasteiger partial charge is 0.396 e. The molecule has 0 amide bonds. The minimum atomic E-state index is 0.953. The average Bonchev–Trinajstić information content (AvgIpc) is 2.69. The van der Waals surface area contributed by atoms with E-state index < -0.39 is 0 Å². The number of thiophene rings is 1. The molecule has 0 fully saturated rings. The maximum atomic E-state index is 7.99. The fourth-order valence-corrected chi connectivity index (χ4v) is 2.30. The van der Waals surface area contributed by atoms with Gasteiger partial charge in [0.2, 0.25) is 0 Å². The summed E-state index contributed by atoms with van der Waals surface area (Å²) in [6.45, 7) is 2.21. The first-order valence-corrected chi connectivity index (χ1v) is 6.07. The Hall–Kier alpha value is -0.355. The lowest BCUT2D eigenvalue weighted by Crippen LogP contribution is -2.12. The molecule has 1 aromatic rings. The van der Waals surface area contributed by atoms with Crippen molar-refractivity contribution < 1.29 is 15.1 Å². The highest BCUT2D eigenvalue weighted by molar-refractivity contribution is 7.21. The van der Waals surface area contributed by atoms with E-state index in [-0.39, 0.29) is 0 Å². The summed E-state index contributed by atoms with van der Waals surface area (Å²) in [5.41, 5.74) is 0. The molecule has 5 heteroatoms. The lowest BCUT2D eigenvalue weighted by atomic mass is 10.0. The van der Waals surface area contributed by atoms with E-state index in [1.807, 2.05) is 6.07 Å². The third kappa shape index (κ3) is 5.32. The van der Waals surface area contributed by atoms with Gasteiger partial charge in [0.15, 0.2) is 0 Å². The molecule has 0 spiro atoms. The van der Waals surface area contributed by atoms with Crippen LogP contribution in [0.25, 0.3) is 0 Å². The molecule has 15 heavy (non-hydrogen) atoms. The smallest absolute Gasteiger partial charge is 0.274 e. The van der Waals surface area contributed by atoms with E-state index >= 15 is 0 Å². The summed E-state index contributed by atoms with van der Waals surface area (Å²) in [4.78, 5) is 5.66. The maximum absolute atomic E-state index is 7.99. The van der Waals surface area contributed by atoms with E-state index in [1.54, 1.807) is 11.3 Å². The predicted octanol–water partition coefficient (Wildman–Crippen LogP) is 2.54. The molecule has 1 heterocycles. The number of rotatable bonds is 8. The molecule has 1 radical (unpaired) electrons. The Labute approximate surface area is 95.2 Å². The minimum absolute atomic E-state index is 0.953. The van der Waals surface area contributed by atoms with Gasteiger partial charge in [-0.1, -0.05) is 37.3 Å². The van der Waals surface area contributed by atoms with E-state index in [2.05, 4.69) is 22.8 Å². The van der Waals surface area contributed by atoms with Crippen molar-refractivity contribution in [3.8, 4) is 0 Å². The predicted molar refractivity (Wildman–Crippen MR) is 62.4 cm³/mol. The first-order chi connectivity index (χ1) is 7.36. The lowest BCUT2D eigenvalue weighted by molar-refractivity contribution is -0.441. The molecular formula is C10H16BO3S. The molecule has 0 aliphatic rings. The molecule has 1 aromatic heterocycles. The summed E-state index contributed by atoms with van der Waals surface area (Å²) in [6, 6.07) is 4.04. The van der Waals surface area contributed by atoms with Gasteiger partial charge in [0.05, 0.1) is 0 Å². The molecule has 1 rings (SSSR count). The molecule has 0 aliphatic heterocycles. The highest BCUT2D eigenvalue weighted by Crippen LogP contribution is 2.11. The van der Waals surface area contributed by atoms with Gasteiger partial charge in [-0.05, 0) is 18.9 Å². The van der Waals surface area contributed by atoms with Gasteiger partial charge >= 0.3 is 7.48 Å². The summed E-state index contributed by atoms with van der Waals surface area (Å²) in [6.07, 6.45) is 6.24. The van der Waals surface area contributed by atoms with Gasteiger partial charge in [-0.3, -0.25) is 4.81 Å². The summed E-state index contributed by atoms with van der Waals surface area (Å²) < 4.78 is 0.953. The second kappa shape index (κ2) is 7.87. The molecule has 0 atom stereocenters. The van der Waals surface area contributed by atoms with Crippen LogP contribution in [0.15, 0.2) is 12.1 Å². The number of aryl methyl sites for hydroxylation is 1. The fraction of sp³-hybridized carbons (Fsp3) is 0.600. The first-order valence-electron chi connectivity index (χ1n) is 5.25. The molecule has 3 nitrogen and oxygen atoms in total. The van der Waals surface area contributed by atoms with Crippen molar-refractivity contribution in [2.24, 2.45) is 0 Å². The summed E-state index contributed by atoms with van der Waals surface area (Å²) in [5.74, 6) is 0. The monoisotopic (exact) mass is 227 g/mol. The quantitative estimate of drug-likeness (QED) is 0.321. The van der Waals surface area contributed by atoms with Crippen LogP contribution >= 0.6 is 11.3 Å². The third-order valence-electron chi connectivity index (χ3n) is 2.17. The van der Waals surface area contributed by atoms with Crippen molar-refractivity contribution >= 4 is 23.6 Å². The van der Waals surface area contributed by atoms with Crippen LogP contribution in [0.5, 0.6) is 0 Å². The van der Waals surface area contributed by atoms with E-state index in [9.17, 15) is 0 Å². The van der Waals surface area contributed by atoms with Crippen LogP contribution in [0.4, 0.5) is 0 Å². The number of hydrogen-bond donors (Lipinski definition) is 1. The molecule has 83 valence electrons. The Bertz CT molecular complexity index is 265. The van der Waals surface area contributed by atoms with Gasteiger partial charge in [0.25, 0.3) is 0 Å². The van der Waals surface area contributed by atoms with Crippen LogP contribution in [0.2, 0.25) is 0 Å². The van der Waals surface area contributed by atoms with Gasteiger partial charge in [-0.25, -0.2) is 5.26 Å². The molecule has 0 aromatic carbocycles. The van der Waals surface area contributed by atoms with Crippen LogP contribution in [-0.4, -0.2) is 12.7 Å². The highest BCUT2D eigenvalue weighted by Gasteiger charge is 2.03. The van der Waals surface area contributed by atoms with Crippen LogP contribution < -0.4 is 4.78 Å². The van der Waals surface area contributed by atoms with Crippen molar-refractivity contribution in [2.45, 2.75) is 39.0 Å². The second-order valence-corrected chi connectivity index (χ2v) is 4.60. The molecule has 1 N–H and O–H groups in total. The lowest BCUT2D eigenvalue weighted by Gasteiger charge is -1.96. The highest BCUT2D eigenvalue weighted by atomic mass is 32.1. The Morgan fingerprint density at radius 3 is 2.93 bits per heavy atom. The molecule has 0 unspecified atom stereocenters. The summed E-state index contributed by atoms with van der Waals surface area (Å²) in [5, 5.41) is 11.5. The first kappa shape index (κ1) is 12.7. The van der Waals surface area contributed by atoms with E-state index in [0.29, 0.717) is 0 Å². The normalized spacial score (nSPS) is 10.5. The molecular weight excluding hydrogens is 211 g/mol. The van der Waals surface area contributed by atoms with Gasteiger partial charge < -0.3 is 0 Å². The Morgan fingerprint density at radius 1 is 1.33 bits per heavy atom. The average molecular weight is 227 g/mol. The SMILES string of the molecule is CCCCCCc1ccc([B]OOO)s1. The zero-order valence-electron chi connectivity index (χ0n) is 8.94. The summed E-state index contributed by atoms with van der Waals surface area (Å²) in [7, 11) is 1.39. The molecule has 0 bridgehead atoms. The van der Waals surface area contributed by atoms with Crippen LogP contribution in [0, 0.1) is 0 Å². The van der Waals surface area contributed by atoms with Gasteiger partial charge in [-0.15, -0.1) is 0 Å². The number of hydrogen-bond acceptors (Lipinski definition) is 4. The zero-order valence-corrected chi connectivity index (χ0v) is 9.76. The number of unbranched alkanes of at least 4 members (excludes halogenated alkanes) is 3. The van der Waals surface area contributed by atoms with Crippen molar-refractivity contribution in [3.63, 3.8) is 0 Å². The van der Waals surface area contributed by atoms with Gasteiger partial charge in [0.1, 0.15) is 0 Å². The third-order valence-corrected chi connectivity index (χ3v) is 3.24. The van der Waals surface area contributed by atoms with Crippen LogP contribution in [-0.2, 0) is 16.3 Å². The van der Waals surface area contributed by atoms with Crippen molar-refractivity contribution in [1.82, 2.24) is 0 Å². The summed E-state index contributed by atoms with van der Waals surface area (Å²) >= 11 is 1.66. The minimum Gasteiger partial charge on any atom is -0.274 e. The zero-order chi connectivity index (χ0) is 10.9. The molecule has 0 aliphatic carbocycles. The van der Waals surface area contributed by atoms with E-state index in [1.165, 1.54) is 38.0 Å². The maximum Gasteiger partial charge on any atom is 0.396 e. The topological polar surface area (TPSA) is 38.7 Å². The van der Waals surface area contributed by atoms with E-state index in [0.717, 1.165) is 11.2 Å². The Morgan fingerprint density at radius 2 is 2.20 bits per heavy atom. The van der Waals surface area contributed by atoms with Crippen LogP contribution in [0.1, 0.15) is 37.5 Å². The van der Waals surface area contributed by atoms with Crippen molar-refractivity contribution in [2.75, 3.05) is 0 Å². The molecule has 0 saturated carbocycles.